The molecule has 1 rings (SSSR count). The maximum Gasteiger partial charge on any atom is 0.0635 e. The second-order valence-corrected chi connectivity index (χ2v) is 6.46. The van der Waals surface area contributed by atoms with E-state index in [0.29, 0.717) is 5.92 Å². The largest absolute Gasteiger partial charge is 0.390 e. The molecule has 2 nitrogen and oxygen atoms in total. The van der Waals surface area contributed by atoms with Crippen LogP contribution >= 0.6 is 11.3 Å². The number of aliphatic hydroxyl groups is 1. The molecule has 0 aliphatic rings. The molecule has 98 valence electrons. The van der Waals surface area contributed by atoms with Crippen molar-refractivity contribution >= 4 is 11.3 Å². The lowest BCUT2D eigenvalue weighted by atomic mass is 9.95. The van der Waals surface area contributed by atoms with Gasteiger partial charge in [-0.3, -0.25) is 0 Å². The molecule has 0 radical (unpaired) electrons. The van der Waals surface area contributed by atoms with E-state index in [-0.39, 0.29) is 0 Å². The zero-order valence-electron chi connectivity index (χ0n) is 11.2. The Morgan fingerprint density at radius 1 is 1.41 bits per heavy atom. The Morgan fingerprint density at radius 2 is 2.18 bits per heavy atom. The van der Waals surface area contributed by atoms with Gasteiger partial charge in [0.15, 0.2) is 0 Å². The minimum absolute atomic E-state index is 0.548. The van der Waals surface area contributed by atoms with E-state index in [9.17, 15) is 5.11 Å². The Hall–Kier alpha value is -0.380. The molecule has 3 heteroatoms. The topological polar surface area (TPSA) is 32.3 Å². The minimum Gasteiger partial charge on any atom is -0.390 e. The average molecular weight is 255 g/mol. The van der Waals surface area contributed by atoms with Crippen LogP contribution in [0.1, 0.15) is 38.5 Å². The fraction of sp³-hybridized carbons (Fsp3) is 0.714. The fourth-order valence-corrected chi connectivity index (χ4v) is 2.43. The zero-order chi connectivity index (χ0) is 12.7. The lowest BCUT2D eigenvalue weighted by molar-refractivity contribution is 0.0426. The van der Waals surface area contributed by atoms with Crippen molar-refractivity contribution in [3.63, 3.8) is 0 Å². The molecular formula is C14H25NOS. The SMILES string of the molecule is CC(C)CNCCC(C)(O)CCc1cccs1. The number of aryl methyl sites for hydroxylation is 1. The smallest absolute Gasteiger partial charge is 0.0635 e. The third-order valence-electron chi connectivity index (χ3n) is 2.88. The van der Waals surface area contributed by atoms with Crippen molar-refractivity contribution in [1.82, 2.24) is 5.32 Å². The highest BCUT2D eigenvalue weighted by Gasteiger charge is 2.19. The third kappa shape index (κ3) is 6.81. The van der Waals surface area contributed by atoms with Crippen molar-refractivity contribution in [3.8, 4) is 0 Å². The van der Waals surface area contributed by atoms with Crippen LogP contribution in [-0.4, -0.2) is 23.8 Å². The predicted octanol–water partition coefficient (Wildman–Crippen LogP) is 3.07. The van der Waals surface area contributed by atoms with Gasteiger partial charge in [0, 0.05) is 4.88 Å². The van der Waals surface area contributed by atoms with Crippen molar-refractivity contribution in [1.29, 1.82) is 0 Å². The van der Waals surface area contributed by atoms with Gasteiger partial charge >= 0.3 is 0 Å². The molecule has 1 aromatic rings. The number of nitrogens with one attached hydrogen (secondary N) is 1. The van der Waals surface area contributed by atoms with Crippen LogP contribution in [0.2, 0.25) is 0 Å². The van der Waals surface area contributed by atoms with Crippen molar-refractivity contribution in [3.05, 3.63) is 22.4 Å². The highest BCUT2D eigenvalue weighted by molar-refractivity contribution is 7.09. The highest BCUT2D eigenvalue weighted by Crippen LogP contribution is 2.19. The van der Waals surface area contributed by atoms with Gasteiger partial charge in [0.25, 0.3) is 0 Å². The summed E-state index contributed by atoms with van der Waals surface area (Å²) in [6.07, 6.45) is 2.65. The van der Waals surface area contributed by atoms with Crippen LogP contribution in [0.4, 0.5) is 0 Å². The lowest BCUT2D eigenvalue weighted by Crippen LogP contribution is -2.31. The summed E-state index contributed by atoms with van der Waals surface area (Å²) in [5, 5.41) is 15.7. The molecule has 2 N–H and O–H groups in total. The summed E-state index contributed by atoms with van der Waals surface area (Å²) in [5.41, 5.74) is -0.548. The second kappa shape index (κ2) is 7.14. The first kappa shape index (κ1) is 14.7. The summed E-state index contributed by atoms with van der Waals surface area (Å²) in [4.78, 5) is 1.36. The summed E-state index contributed by atoms with van der Waals surface area (Å²) in [6.45, 7) is 8.26. The Labute approximate surface area is 109 Å². The first-order chi connectivity index (χ1) is 7.99. The van der Waals surface area contributed by atoms with E-state index < -0.39 is 5.60 Å². The standard InChI is InChI=1S/C14H25NOS/c1-12(2)11-15-9-8-14(3,16)7-6-13-5-4-10-17-13/h4-5,10,12,15-16H,6-9,11H2,1-3H3. The maximum atomic E-state index is 10.2. The van der Waals surface area contributed by atoms with Crippen LogP contribution in [0.5, 0.6) is 0 Å². The molecule has 0 saturated heterocycles. The van der Waals surface area contributed by atoms with E-state index in [2.05, 4.69) is 36.7 Å². The molecule has 0 spiro atoms. The van der Waals surface area contributed by atoms with Gasteiger partial charge in [-0.15, -0.1) is 11.3 Å². The maximum absolute atomic E-state index is 10.2. The molecule has 17 heavy (non-hydrogen) atoms. The summed E-state index contributed by atoms with van der Waals surface area (Å²) in [6, 6.07) is 4.21. The number of thiophene rings is 1. The molecule has 0 saturated carbocycles. The van der Waals surface area contributed by atoms with E-state index in [1.807, 2.05) is 6.92 Å². The van der Waals surface area contributed by atoms with Crippen LogP contribution in [-0.2, 0) is 6.42 Å². The van der Waals surface area contributed by atoms with Crippen molar-refractivity contribution in [2.24, 2.45) is 5.92 Å². The zero-order valence-corrected chi connectivity index (χ0v) is 12.0. The van der Waals surface area contributed by atoms with Crippen LogP contribution in [0.15, 0.2) is 17.5 Å². The van der Waals surface area contributed by atoms with Crippen LogP contribution in [0.3, 0.4) is 0 Å². The molecular weight excluding hydrogens is 230 g/mol. The molecule has 1 unspecified atom stereocenters. The average Bonchev–Trinajstić information content (AvgIpc) is 2.74. The van der Waals surface area contributed by atoms with Gasteiger partial charge in [-0.25, -0.2) is 0 Å². The quantitative estimate of drug-likeness (QED) is 0.700. The van der Waals surface area contributed by atoms with Gasteiger partial charge in [-0.1, -0.05) is 19.9 Å². The first-order valence-electron chi connectivity index (χ1n) is 6.45. The van der Waals surface area contributed by atoms with Gasteiger partial charge in [0.05, 0.1) is 5.60 Å². The van der Waals surface area contributed by atoms with E-state index in [1.165, 1.54) is 4.88 Å². The number of hydrogen-bond donors (Lipinski definition) is 2. The Balaban J connectivity index is 2.16. The second-order valence-electron chi connectivity index (χ2n) is 5.42. The molecule has 1 atom stereocenters. The Bertz CT molecular complexity index is 293. The molecule has 0 bridgehead atoms. The van der Waals surface area contributed by atoms with Gasteiger partial charge in [0.2, 0.25) is 0 Å². The van der Waals surface area contributed by atoms with Gasteiger partial charge in [0.1, 0.15) is 0 Å². The van der Waals surface area contributed by atoms with E-state index in [4.69, 9.17) is 0 Å². The summed E-state index contributed by atoms with van der Waals surface area (Å²) in [5.74, 6) is 0.672. The predicted molar refractivity (Wildman–Crippen MR) is 75.6 cm³/mol. The molecule has 1 aromatic heterocycles. The molecule has 0 aliphatic heterocycles. The van der Waals surface area contributed by atoms with E-state index >= 15 is 0 Å². The molecule has 0 amide bonds. The third-order valence-corrected chi connectivity index (χ3v) is 3.82. The molecule has 0 aliphatic carbocycles. The van der Waals surface area contributed by atoms with Gasteiger partial charge in [-0.05, 0) is 56.6 Å². The molecule has 0 fully saturated rings. The fourth-order valence-electron chi connectivity index (χ4n) is 1.72. The summed E-state index contributed by atoms with van der Waals surface area (Å²) >= 11 is 1.77. The van der Waals surface area contributed by atoms with Crippen molar-refractivity contribution in [2.75, 3.05) is 13.1 Å². The number of rotatable bonds is 8. The van der Waals surface area contributed by atoms with Crippen LogP contribution < -0.4 is 5.32 Å². The highest BCUT2D eigenvalue weighted by atomic mass is 32.1. The molecule has 1 heterocycles. The Morgan fingerprint density at radius 3 is 2.76 bits per heavy atom. The minimum atomic E-state index is -0.548. The summed E-state index contributed by atoms with van der Waals surface area (Å²) in [7, 11) is 0. The normalized spacial score (nSPS) is 15.1. The van der Waals surface area contributed by atoms with Crippen LogP contribution in [0, 0.1) is 5.92 Å². The summed E-state index contributed by atoms with van der Waals surface area (Å²) < 4.78 is 0. The van der Waals surface area contributed by atoms with Crippen LogP contribution in [0.25, 0.3) is 0 Å². The molecule has 0 aromatic carbocycles. The van der Waals surface area contributed by atoms with Crippen molar-refractivity contribution < 1.29 is 5.11 Å². The van der Waals surface area contributed by atoms with Gasteiger partial charge < -0.3 is 10.4 Å². The van der Waals surface area contributed by atoms with E-state index in [1.54, 1.807) is 11.3 Å². The van der Waals surface area contributed by atoms with Gasteiger partial charge in [-0.2, -0.15) is 0 Å². The monoisotopic (exact) mass is 255 g/mol. The first-order valence-corrected chi connectivity index (χ1v) is 7.33. The van der Waals surface area contributed by atoms with Crippen molar-refractivity contribution in [2.45, 2.75) is 45.6 Å². The lowest BCUT2D eigenvalue weighted by Gasteiger charge is -2.23. The number of hydrogen-bond acceptors (Lipinski definition) is 3. The Kier molecular flexibility index (Phi) is 6.17. The van der Waals surface area contributed by atoms with E-state index in [0.717, 1.165) is 32.4 Å².